The molecule has 0 bridgehead atoms. The molecule has 0 aromatic heterocycles. The lowest BCUT2D eigenvalue weighted by atomic mass is 10.2. The van der Waals surface area contributed by atoms with E-state index >= 15 is 0 Å². The fraction of sp³-hybridized carbons (Fsp3) is 0.833. The Kier molecular flexibility index (Phi) is 4.08. The van der Waals surface area contributed by atoms with Gasteiger partial charge in [-0.1, -0.05) is 0 Å². The van der Waals surface area contributed by atoms with E-state index in [0.29, 0.717) is 19.8 Å². The molecule has 0 aliphatic carbocycles. The first-order valence-electron chi connectivity index (χ1n) is 3.41. The van der Waals surface area contributed by atoms with Gasteiger partial charge in [-0.3, -0.25) is 0 Å². The van der Waals surface area contributed by atoms with E-state index in [1.54, 1.807) is 0 Å². The molecule has 0 amide bonds. The minimum absolute atomic E-state index is 0.292. The summed E-state index contributed by atoms with van der Waals surface area (Å²) in [4.78, 5) is 10.8. The summed E-state index contributed by atoms with van der Waals surface area (Å²) in [5.74, 6) is -0.714. The first-order valence-corrected chi connectivity index (χ1v) is 4.16. The Labute approximate surface area is 79.8 Å². The summed E-state index contributed by atoms with van der Waals surface area (Å²) < 4.78 is 14.1. The van der Waals surface area contributed by atoms with Crippen LogP contribution in [0.4, 0.5) is 0 Å². The van der Waals surface area contributed by atoms with Gasteiger partial charge < -0.3 is 13.8 Å². The second-order valence-corrected chi connectivity index (χ2v) is 2.91. The van der Waals surface area contributed by atoms with Gasteiger partial charge in [-0.25, -0.2) is 4.79 Å². The van der Waals surface area contributed by atoms with Crippen molar-refractivity contribution in [2.24, 2.45) is 0 Å². The summed E-state index contributed by atoms with van der Waals surface area (Å²) in [5.41, 5.74) is 0. The Morgan fingerprint density at radius 3 is 2.83 bits per heavy atom. The van der Waals surface area contributed by atoms with Crippen LogP contribution in [0.15, 0.2) is 0 Å². The minimum Gasteiger partial charge on any atom is -0.376 e. The fourth-order valence-corrected chi connectivity index (χ4v) is 1.20. The van der Waals surface area contributed by atoms with Gasteiger partial charge in [0.25, 0.3) is 0 Å². The van der Waals surface area contributed by atoms with Crippen molar-refractivity contribution in [2.75, 3.05) is 19.8 Å². The number of ether oxygens (including phenoxy) is 2. The number of hydrogen-bond donors (Lipinski definition) is 0. The van der Waals surface area contributed by atoms with Crippen molar-refractivity contribution in [1.29, 1.82) is 0 Å². The maximum Gasteiger partial charge on any atom is 0.345 e. The summed E-state index contributed by atoms with van der Waals surface area (Å²) in [7, 11) is 0. The van der Waals surface area contributed by atoms with Crippen LogP contribution in [-0.4, -0.2) is 37.3 Å². The number of rotatable bonds is 2. The van der Waals surface area contributed by atoms with Gasteiger partial charge in [0.15, 0.2) is 5.38 Å². The van der Waals surface area contributed by atoms with Crippen molar-refractivity contribution in [3.8, 4) is 0 Å². The molecule has 1 aliphatic rings. The first-order chi connectivity index (χ1) is 5.75. The number of carbonyl (C=O) groups excluding carboxylic acids is 1. The summed E-state index contributed by atoms with van der Waals surface area (Å²) in [5, 5.41) is -0.900. The van der Waals surface area contributed by atoms with Crippen molar-refractivity contribution < 1.29 is 18.6 Å². The lowest BCUT2D eigenvalue weighted by Gasteiger charge is -2.24. The van der Waals surface area contributed by atoms with Crippen LogP contribution >= 0.6 is 23.5 Å². The lowest BCUT2D eigenvalue weighted by Crippen LogP contribution is -2.39. The average molecular weight is 215 g/mol. The molecule has 0 aromatic carbocycles. The van der Waals surface area contributed by atoms with Crippen LogP contribution in [0, 0.1) is 0 Å². The summed E-state index contributed by atoms with van der Waals surface area (Å²) in [6.07, 6.45) is -0.466. The van der Waals surface area contributed by atoms with Crippen molar-refractivity contribution in [2.45, 2.75) is 11.5 Å². The number of carbonyl (C=O) groups is 1. The maximum absolute atomic E-state index is 10.8. The molecule has 2 unspecified atom stereocenters. The topological polar surface area (TPSA) is 44.8 Å². The highest BCUT2D eigenvalue weighted by Gasteiger charge is 2.30. The predicted octanol–water partition coefficient (Wildman–Crippen LogP) is 0.706. The van der Waals surface area contributed by atoms with Crippen LogP contribution in [0.5, 0.6) is 0 Å². The van der Waals surface area contributed by atoms with Gasteiger partial charge in [0.05, 0.1) is 19.8 Å². The van der Waals surface area contributed by atoms with E-state index in [-0.39, 0.29) is 0 Å². The Balaban J connectivity index is 2.39. The zero-order valence-corrected chi connectivity index (χ0v) is 7.68. The Morgan fingerprint density at radius 2 is 2.33 bits per heavy atom. The van der Waals surface area contributed by atoms with E-state index in [1.807, 2.05) is 0 Å². The van der Waals surface area contributed by atoms with E-state index in [4.69, 9.17) is 32.9 Å². The van der Waals surface area contributed by atoms with E-state index in [0.717, 1.165) is 0 Å². The molecule has 2 atom stereocenters. The van der Waals surface area contributed by atoms with Gasteiger partial charge in [0, 0.05) is 0 Å². The van der Waals surface area contributed by atoms with Crippen molar-refractivity contribution >= 4 is 29.4 Å². The van der Waals surface area contributed by atoms with Gasteiger partial charge >= 0.3 is 5.97 Å². The van der Waals surface area contributed by atoms with Crippen LogP contribution in [0.2, 0.25) is 0 Å². The molecule has 4 nitrogen and oxygen atoms in total. The molecule has 1 saturated heterocycles. The highest BCUT2D eigenvalue weighted by Crippen LogP contribution is 2.13. The molecular formula is C6H8Cl2O4. The average Bonchev–Trinajstić information content (AvgIpc) is 2.17. The predicted molar refractivity (Wildman–Crippen MR) is 42.1 cm³/mol. The van der Waals surface area contributed by atoms with Crippen LogP contribution in [-0.2, 0) is 18.6 Å². The Bertz CT molecular complexity index is 158. The highest BCUT2D eigenvalue weighted by molar-refractivity contribution is 6.32. The van der Waals surface area contributed by atoms with Crippen LogP contribution < -0.4 is 0 Å². The Morgan fingerprint density at radius 1 is 1.58 bits per heavy atom. The molecule has 1 fully saturated rings. The standard InChI is InChI=1S/C6H8Cl2O4/c7-5(6(9)12-8)4-3-10-1-2-11-4/h4-5H,1-3H2. The largest absolute Gasteiger partial charge is 0.376 e. The molecule has 0 spiro atoms. The van der Waals surface area contributed by atoms with Gasteiger partial charge in [-0.05, 0) is 0 Å². The molecule has 0 saturated carbocycles. The van der Waals surface area contributed by atoms with Crippen LogP contribution in [0.3, 0.4) is 0 Å². The maximum atomic E-state index is 10.8. The molecule has 12 heavy (non-hydrogen) atoms. The third-order valence-electron chi connectivity index (χ3n) is 1.47. The molecule has 1 aliphatic heterocycles. The fourth-order valence-electron chi connectivity index (χ4n) is 0.869. The second kappa shape index (κ2) is 4.87. The monoisotopic (exact) mass is 214 g/mol. The second-order valence-electron chi connectivity index (χ2n) is 2.28. The summed E-state index contributed by atoms with van der Waals surface area (Å²) in [6, 6.07) is 0. The molecule has 70 valence electrons. The Hall–Kier alpha value is -0.0300. The summed E-state index contributed by atoms with van der Waals surface area (Å²) >= 11 is 10.5. The third kappa shape index (κ3) is 2.48. The van der Waals surface area contributed by atoms with Crippen LogP contribution in [0.1, 0.15) is 0 Å². The molecule has 0 radical (unpaired) electrons. The van der Waals surface area contributed by atoms with E-state index in [9.17, 15) is 4.79 Å². The molecule has 1 heterocycles. The quantitative estimate of drug-likeness (QED) is 0.636. The normalized spacial score (nSPS) is 26.3. The first kappa shape index (κ1) is 10.1. The SMILES string of the molecule is O=C(OCl)C(Cl)C1COCCO1. The third-order valence-corrected chi connectivity index (χ3v) is 2.08. The van der Waals surface area contributed by atoms with Crippen molar-refractivity contribution in [3.05, 3.63) is 0 Å². The van der Waals surface area contributed by atoms with E-state index in [2.05, 4.69) is 4.29 Å². The molecule has 1 rings (SSSR count). The van der Waals surface area contributed by atoms with Gasteiger partial charge in [0.2, 0.25) is 0 Å². The zero-order valence-electron chi connectivity index (χ0n) is 6.16. The minimum atomic E-state index is -0.900. The van der Waals surface area contributed by atoms with Crippen LogP contribution in [0.25, 0.3) is 0 Å². The smallest absolute Gasteiger partial charge is 0.345 e. The van der Waals surface area contributed by atoms with Crippen molar-refractivity contribution in [1.82, 2.24) is 0 Å². The zero-order chi connectivity index (χ0) is 8.97. The van der Waals surface area contributed by atoms with Gasteiger partial charge in [-0.15, -0.1) is 11.6 Å². The number of halogens is 2. The number of alkyl halides is 1. The van der Waals surface area contributed by atoms with E-state index < -0.39 is 17.5 Å². The summed E-state index contributed by atoms with van der Waals surface area (Å²) in [6.45, 7) is 1.25. The molecular weight excluding hydrogens is 207 g/mol. The lowest BCUT2D eigenvalue weighted by molar-refractivity contribution is -0.142. The highest BCUT2D eigenvalue weighted by atomic mass is 35.5. The number of hydrogen-bond acceptors (Lipinski definition) is 4. The molecule has 0 N–H and O–H groups in total. The molecule has 6 heteroatoms. The van der Waals surface area contributed by atoms with Gasteiger partial charge in [0.1, 0.15) is 18.0 Å². The van der Waals surface area contributed by atoms with E-state index in [1.165, 1.54) is 0 Å². The van der Waals surface area contributed by atoms with Crippen molar-refractivity contribution in [3.63, 3.8) is 0 Å². The molecule has 0 aromatic rings. The van der Waals surface area contributed by atoms with Gasteiger partial charge in [-0.2, -0.15) is 0 Å².